The molecule has 0 saturated carbocycles. The first-order valence-corrected chi connectivity index (χ1v) is 7.35. The Kier molecular flexibility index (Phi) is 7.08. The summed E-state index contributed by atoms with van der Waals surface area (Å²) >= 11 is 0.987. The minimum Gasteiger partial charge on any atom is -0.477 e. The second-order valence-corrected chi connectivity index (χ2v) is 5.71. The number of methoxy groups -OCH3 is 1. The molecule has 1 N–H and O–H groups in total. The molecule has 0 saturated heterocycles. The Bertz CT molecular complexity index is 650. The fraction of sp³-hybridized carbons (Fsp3) is 0.188. The Balaban J connectivity index is 3.21. The monoisotopic (exact) mass is 335 g/mol. The first-order chi connectivity index (χ1) is 10.8. The fourth-order valence-corrected chi connectivity index (χ4v) is 2.36. The molecule has 0 fully saturated rings. The van der Waals surface area contributed by atoms with E-state index in [4.69, 9.17) is 0 Å². The summed E-state index contributed by atoms with van der Waals surface area (Å²) in [4.78, 5) is 37.0. The number of carbonyl (C=O) groups is 3. The number of ether oxygens (including phenoxy) is 1. The summed E-state index contributed by atoms with van der Waals surface area (Å²) in [5.74, 6) is -3.15. The number of nitrogens with zero attached hydrogens (tertiary/aromatic N) is 1. The molecule has 7 heteroatoms. The van der Waals surface area contributed by atoms with E-state index in [0.717, 1.165) is 18.9 Å². The topological polar surface area (TPSA) is 83.9 Å². The molecule has 0 aromatic heterocycles. The lowest BCUT2D eigenvalue weighted by atomic mass is 10.1. The molecule has 23 heavy (non-hydrogen) atoms. The van der Waals surface area contributed by atoms with Gasteiger partial charge in [-0.1, -0.05) is 30.0 Å². The molecule has 0 aliphatic rings. The second-order valence-electron chi connectivity index (χ2n) is 4.60. The molecule has 0 amide bonds. The maximum absolute atomic E-state index is 12.0. The summed E-state index contributed by atoms with van der Waals surface area (Å²) in [7, 11) is 4.40. The van der Waals surface area contributed by atoms with Crippen LogP contribution in [0.2, 0.25) is 0 Å². The molecule has 1 aromatic rings. The van der Waals surface area contributed by atoms with Gasteiger partial charge in [-0.3, -0.25) is 4.79 Å². The van der Waals surface area contributed by atoms with Crippen LogP contribution in [0.3, 0.4) is 0 Å². The molecule has 0 radical (unpaired) electrons. The van der Waals surface area contributed by atoms with Crippen LogP contribution >= 0.6 is 11.8 Å². The Morgan fingerprint density at radius 1 is 1.17 bits per heavy atom. The third kappa shape index (κ3) is 5.99. The van der Waals surface area contributed by atoms with Crippen LogP contribution in [0, 0.1) is 0 Å². The molecule has 0 unspecified atom stereocenters. The van der Waals surface area contributed by atoms with Crippen LogP contribution in [0.25, 0.3) is 0 Å². The van der Waals surface area contributed by atoms with Crippen molar-refractivity contribution in [2.75, 3.05) is 21.2 Å². The van der Waals surface area contributed by atoms with Gasteiger partial charge in [0.05, 0.1) is 12.0 Å². The van der Waals surface area contributed by atoms with Crippen molar-refractivity contribution in [2.24, 2.45) is 0 Å². The smallest absolute Gasteiger partial charge is 0.379 e. The van der Waals surface area contributed by atoms with Crippen molar-refractivity contribution in [2.45, 2.75) is 4.90 Å². The van der Waals surface area contributed by atoms with Crippen molar-refractivity contribution in [3.8, 4) is 0 Å². The molecule has 0 aliphatic heterocycles. The summed E-state index contributed by atoms with van der Waals surface area (Å²) in [5.41, 5.74) is -0.0670. The van der Waals surface area contributed by atoms with Gasteiger partial charge in [0.15, 0.2) is 0 Å². The predicted octanol–water partition coefficient (Wildman–Crippen LogP) is 1.93. The van der Waals surface area contributed by atoms with Gasteiger partial charge in [0.1, 0.15) is 0 Å². The number of ketones is 1. The van der Waals surface area contributed by atoms with Gasteiger partial charge in [0.25, 0.3) is 5.78 Å². The zero-order chi connectivity index (χ0) is 17.4. The number of hydrogen-bond acceptors (Lipinski definition) is 6. The molecule has 122 valence electrons. The number of esters is 1. The van der Waals surface area contributed by atoms with Crippen LogP contribution in [0.1, 0.15) is 0 Å². The second kappa shape index (κ2) is 8.79. The number of hydrogen-bond donors (Lipinski definition) is 1. The van der Waals surface area contributed by atoms with E-state index in [2.05, 4.69) is 4.74 Å². The van der Waals surface area contributed by atoms with E-state index < -0.39 is 17.7 Å². The standard InChI is InChI=1S/C16H17NO5S/c1-17(2)10-11(14(18)16(21)22-3)9-13(15(19)20)23-12-7-5-4-6-8-12/h4-10H,1-3H3,(H,19,20)/b11-10-,13-9-. The normalized spacial score (nSPS) is 11.8. The van der Waals surface area contributed by atoms with E-state index in [1.54, 1.807) is 43.3 Å². The van der Waals surface area contributed by atoms with E-state index in [-0.39, 0.29) is 10.5 Å². The molecule has 0 bridgehead atoms. The van der Waals surface area contributed by atoms with Crippen LogP contribution in [-0.2, 0) is 19.1 Å². The number of allylic oxidation sites excluding steroid dienone is 1. The average Bonchev–Trinajstić information content (AvgIpc) is 2.52. The maximum atomic E-state index is 12.0. The van der Waals surface area contributed by atoms with Gasteiger partial charge in [0, 0.05) is 30.8 Å². The first-order valence-electron chi connectivity index (χ1n) is 6.54. The number of Topliss-reactive ketones (excluding diaryl/α,β-unsaturated/α-hetero) is 1. The number of aliphatic carboxylic acids is 1. The van der Waals surface area contributed by atoms with Gasteiger partial charge in [-0.05, 0) is 18.2 Å². The number of thioether (sulfide) groups is 1. The summed E-state index contributed by atoms with van der Waals surface area (Å²) in [5, 5.41) is 9.34. The number of rotatable bonds is 7. The fourth-order valence-electron chi connectivity index (χ4n) is 1.54. The van der Waals surface area contributed by atoms with E-state index in [1.807, 2.05) is 6.07 Å². The molecular weight excluding hydrogens is 318 g/mol. The van der Waals surface area contributed by atoms with E-state index >= 15 is 0 Å². The Hall–Kier alpha value is -2.54. The van der Waals surface area contributed by atoms with E-state index in [9.17, 15) is 19.5 Å². The van der Waals surface area contributed by atoms with Crippen LogP contribution in [0.4, 0.5) is 0 Å². The molecule has 1 aromatic carbocycles. The van der Waals surface area contributed by atoms with Crippen molar-refractivity contribution in [1.82, 2.24) is 4.90 Å². The quantitative estimate of drug-likeness (QED) is 0.268. The zero-order valence-corrected chi connectivity index (χ0v) is 13.8. The van der Waals surface area contributed by atoms with Crippen LogP contribution in [0.5, 0.6) is 0 Å². The van der Waals surface area contributed by atoms with Gasteiger partial charge in [-0.25, -0.2) is 9.59 Å². The highest BCUT2D eigenvalue weighted by molar-refractivity contribution is 8.04. The molecule has 0 aliphatic carbocycles. The van der Waals surface area contributed by atoms with Gasteiger partial charge in [-0.15, -0.1) is 0 Å². The van der Waals surface area contributed by atoms with E-state index in [1.165, 1.54) is 12.3 Å². The molecule has 6 nitrogen and oxygen atoms in total. The number of carbonyl (C=O) groups excluding carboxylic acids is 2. The van der Waals surface area contributed by atoms with Crippen molar-refractivity contribution in [3.05, 3.63) is 53.1 Å². The van der Waals surface area contributed by atoms with E-state index in [0.29, 0.717) is 4.90 Å². The first kappa shape index (κ1) is 18.5. The average molecular weight is 335 g/mol. The predicted molar refractivity (Wildman–Crippen MR) is 86.8 cm³/mol. The lowest BCUT2D eigenvalue weighted by Crippen LogP contribution is -2.19. The Labute approximate surface area is 138 Å². The van der Waals surface area contributed by atoms with Crippen LogP contribution in [-0.4, -0.2) is 48.9 Å². The number of carboxylic acids is 1. The Morgan fingerprint density at radius 3 is 2.26 bits per heavy atom. The van der Waals surface area contributed by atoms with Crippen LogP contribution < -0.4 is 0 Å². The van der Waals surface area contributed by atoms with Gasteiger partial charge < -0.3 is 14.7 Å². The SMILES string of the molecule is COC(=O)C(=O)C(=C\N(C)C)/C=C(\Sc1ccccc1)C(=O)O. The van der Waals surface area contributed by atoms with Gasteiger partial charge in [-0.2, -0.15) is 0 Å². The molecule has 0 spiro atoms. The molecular formula is C16H17NO5S. The Morgan fingerprint density at radius 2 is 1.78 bits per heavy atom. The highest BCUT2D eigenvalue weighted by Crippen LogP contribution is 2.27. The third-order valence-electron chi connectivity index (χ3n) is 2.50. The van der Waals surface area contributed by atoms with Crippen molar-refractivity contribution < 1.29 is 24.2 Å². The minimum absolute atomic E-state index is 0.0670. The maximum Gasteiger partial charge on any atom is 0.379 e. The molecule has 1 rings (SSSR count). The largest absolute Gasteiger partial charge is 0.477 e. The highest BCUT2D eigenvalue weighted by Gasteiger charge is 2.21. The summed E-state index contributed by atoms with van der Waals surface area (Å²) in [6.07, 6.45) is 2.53. The summed E-state index contributed by atoms with van der Waals surface area (Å²) in [6, 6.07) is 8.86. The van der Waals surface area contributed by atoms with Gasteiger partial charge in [0.2, 0.25) is 0 Å². The number of carboxylic acid groups (broad SMARTS) is 1. The third-order valence-corrected chi connectivity index (χ3v) is 3.52. The van der Waals surface area contributed by atoms with Crippen molar-refractivity contribution in [3.63, 3.8) is 0 Å². The molecule has 0 heterocycles. The minimum atomic E-state index is -1.19. The number of benzene rings is 1. The lowest BCUT2D eigenvalue weighted by molar-refractivity contribution is -0.149. The van der Waals surface area contributed by atoms with Crippen LogP contribution in [0.15, 0.2) is 58.0 Å². The van der Waals surface area contributed by atoms with Crippen molar-refractivity contribution in [1.29, 1.82) is 0 Å². The highest BCUT2D eigenvalue weighted by atomic mass is 32.2. The lowest BCUT2D eigenvalue weighted by Gasteiger charge is -2.09. The zero-order valence-electron chi connectivity index (χ0n) is 13.0. The van der Waals surface area contributed by atoms with Crippen molar-refractivity contribution >= 4 is 29.5 Å². The van der Waals surface area contributed by atoms with Gasteiger partial charge >= 0.3 is 11.9 Å². The summed E-state index contributed by atoms with van der Waals surface area (Å²) in [6.45, 7) is 0. The summed E-state index contributed by atoms with van der Waals surface area (Å²) < 4.78 is 4.40. The molecule has 0 atom stereocenters.